The lowest BCUT2D eigenvalue weighted by Gasteiger charge is -2.53. The average molecular weight is 713 g/mol. The Morgan fingerprint density at radius 1 is 1.18 bits per heavy atom. The first-order chi connectivity index (χ1) is 23.7. The number of likely N-dealkylation sites (tertiary alicyclic amines) is 2. The van der Waals surface area contributed by atoms with Gasteiger partial charge in [-0.1, -0.05) is 19.6 Å². The number of fused-ring (bicyclic) bond motifs is 1. The lowest BCUT2D eigenvalue weighted by Crippen LogP contribution is -2.66. The van der Waals surface area contributed by atoms with E-state index in [4.69, 9.17) is 10.5 Å². The number of halogens is 4. The predicted molar refractivity (Wildman–Crippen MR) is 182 cm³/mol. The molecule has 0 saturated carbocycles. The highest BCUT2D eigenvalue weighted by molar-refractivity contribution is 6.76. The first-order valence-electron chi connectivity index (χ1n) is 16.4. The average Bonchev–Trinajstić information content (AvgIpc) is 3.64. The van der Waals surface area contributed by atoms with Gasteiger partial charge < -0.3 is 25.3 Å². The number of nitrogens with one attached hydrogen (secondary N) is 1. The number of carbonyl (C=O) groups is 1. The van der Waals surface area contributed by atoms with Gasteiger partial charge in [0.2, 0.25) is 0 Å². The summed E-state index contributed by atoms with van der Waals surface area (Å²) < 4.78 is 63.4. The maximum Gasteiger partial charge on any atom is 0.418 e. The van der Waals surface area contributed by atoms with E-state index in [1.807, 2.05) is 23.0 Å². The van der Waals surface area contributed by atoms with Gasteiger partial charge in [0.25, 0.3) is 0 Å². The van der Waals surface area contributed by atoms with Crippen molar-refractivity contribution in [2.75, 3.05) is 43.8 Å². The number of nitrogen functional groups attached to an aromatic ring is 1. The van der Waals surface area contributed by atoms with Crippen LogP contribution >= 0.6 is 0 Å². The number of alkyl halides is 3. The highest BCUT2D eigenvalue weighted by Crippen LogP contribution is 2.39. The summed E-state index contributed by atoms with van der Waals surface area (Å²) in [6, 6.07) is 6.88. The fourth-order valence-electron chi connectivity index (χ4n) is 6.62. The van der Waals surface area contributed by atoms with Crippen LogP contribution in [0, 0.1) is 17.1 Å². The molecule has 2 aliphatic heterocycles. The number of hydrogen-bond acceptors (Lipinski definition) is 8. The fraction of sp³-hybridized carbons (Fsp3) is 0.485. The molecular formula is C33H40F4N10O2Si. The molecule has 0 atom stereocenters. The molecule has 2 aliphatic rings. The Hall–Kier alpha value is -4.53. The van der Waals surface area contributed by atoms with E-state index in [1.54, 1.807) is 4.68 Å². The highest BCUT2D eigenvalue weighted by atomic mass is 28.3. The van der Waals surface area contributed by atoms with Gasteiger partial charge in [-0.05, 0) is 43.2 Å². The van der Waals surface area contributed by atoms with Crippen LogP contribution in [0.25, 0.3) is 22.3 Å². The zero-order valence-corrected chi connectivity index (χ0v) is 29.2. The summed E-state index contributed by atoms with van der Waals surface area (Å²) in [5.41, 5.74) is 6.10. The van der Waals surface area contributed by atoms with Crippen LogP contribution in [0.15, 0.2) is 43.0 Å². The summed E-state index contributed by atoms with van der Waals surface area (Å²) in [5.74, 6) is -0.753. The minimum absolute atomic E-state index is 0.101. The first-order valence-corrected chi connectivity index (χ1v) is 20.2. The maximum absolute atomic E-state index is 13.5. The number of amides is 2. The van der Waals surface area contributed by atoms with E-state index >= 15 is 0 Å². The van der Waals surface area contributed by atoms with Crippen molar-refractivity contribution in [2.24, 2.45) is 0 Å². The third-order valence-corrected chi connectivity index (χ3v) is 11.2. The van der Waals surface area contributed by atoms with Crippen LogP contribution in [-0.4, -0.2) is 87.0 Å². The number of carbonyl (C=O) groups excluding carboxylic acids is 1. The van der Waals surface area contributed by atoms with Crippen LogP contribution in [0.5, 0.6) is 0 Å². The number of anilines is 2. The van der Waals surface area contributed by atoms with Crippen LogP contribution in [0.1, 0.15) is 24.8 Å². The fourth-order valence-corrected chi connectivity index (χ4v) is 7.37. The molecule has 50 heavy (non-hydrogen) atoms. The Morgan fingerprint density at radius 3 is 2.60 bits per heavy atom. The number of piperidine rings is 1. The molecule has 3 N–H and O–H groups in total. The van der Waals surface area contributed by atoms with E-state index in [0.29, 0.717) is 69.7 Å². The van der Waals surface area contributed by atoms with Crippen molar-refractivity contribution in [2.45, 2.75) is 69.4 Å². The summed E-state index contributed by atoms with van der Waals surface area (Å²) >= 11 is 0. The van der Waals surface area contributed by atoms with Crippen molar-refractivity contribution >= 4 is 36.6 Å². The molecule has 5 heterocycles. The van der Waals surface area contributed by atoms with E-state index in [9.17, 15) is 27.6 Å². The van der Waals surface area contributed by atoms with Gasteiger partial charge in [0.05, 0.1) is 35.0 Å². The molecule has 0 unspecified atom stereocenters. The number of benzene rings is 1. The minimum atomic E-state index is -4.82. The van der Waals surface area contributed by atoms with E-state index < -0.39 is 42.9 Å². The molecule has 17 heteroatoms. The Kier molecular flexibility index (Phi) is 9.63. The van der Waals surface area contributed by atoms with Crippen molar-refractivity contribution in [3.63, 3.8) is 0 Å². The monoisotopic (exact) mass is 712 g/mol. The lowest BCUT2D eigenvalue weighted by atomic mass is 9.84. The number of nitrogens with two attached hydrogens (primary N) is 1. The Bertz CT molecular complexity index is 1900. The van der Waals surface area contributed by atoms with Crippen LogP contribution in [-0.2, 0) is 23.2 Å². The Morgan fingerprint density at radius 2 is 1.92 bits per heavy atom. The van der Waals surface area contributed by atoms with Crippen molar-refractivity contribution in [3.8, 4) is 17.3 Å². The van der Waals surface area contributed by atoms with Crippen molar-refractivity contribution < 1.29 is 27.1 Å². The molecule has 6 rings (SSSR count). The van der Waals surface area contributed by atoms with Gasteiger partial charge in [-0.25, -0.2) is 19.2 Å². The zero-order valence-electron chi connectivity index (χ0n) is 28.2. The number of nitrogens with zero attached hydrogens (tertiary/aromatic N) is 8. The first kappa shape index (κ1) is 35.3. The second-order valence-electron chi connectivity index (χ2n) is 14.3. The minimum Gasteiger partial charge on any atom is -0.382 e. The van der Waals surface area contributed by atoms with Crippen LogP contribution in [0.4, 0.5) is 33.9 Å². The van der Waals surface area contributed by atoms with Gasteiger partial charge in [0, 0.05) is 64.7 Å². The quantitative estimate of drug-likeness (QED) is 0.116. The van der Waals surface area contributed by atoms with Crippen LogP contribution < -0.4 is 11.1 Å². The second-order valence-corrected chi connectivity index (χ2v) is 19.9. The summed E-state index contributed by atoms with van der Waals surface area (Å²) in [7, 11) is -1.21. The molecule has 0 radical (unpaired) electrons. The number of aromatic nitrogens is 5. The third-order valence-electron chi connectivity index (χ3n) is 9.47. The molecule has 0 aliphatic carbocycles. The van der Waals surface area contributed by atoms with Gasteiger partial charge >= 0.3 is 12.2 Å². The number of hydrogen-bond donors (Lipinski definition) is 2. The van der Waals surface area contributed by atoms with Crippen LogP contribution in [0.2, 0.25) is 25.7 Å². The summed E-state index contributed by atoms with van der Waals surface area (Å²) in [6.45, 7) is 9.70. The van der Waals surface area contributed by atoms with E-state index in [-0.39, 0.29) is 18.3 Å². The van der Waals surface area contributed by atoms with Gasteiger partial charge in [0.1, 0.15) is 30.1 Å². The number of rotatable bonds is 10. The molecule has 12 nitrogen and oxygen atoms in total. The highest BCUT2D eigenvalue weighted by Gasteiger charge is 2.48. The number of nitriles is 1. The van der Waals surface area contributed by atoms with Gasteiger partial charge in [0.15, 0.2) is 5.82 Å². The third kappa shape index (κ3) is 7.32. The molecule has 4 aromatic rings. The molecule has 0 bridgehead atoms. The maximum atomic E-state index is 13.5. The summed E-state index contributed by atoms with van der Waals surface area (Å²) in [4.78, 5) is 25.6. The smallest absolute Gasteiger partial charge is 0.382 e. The topological polar surface area (TPSA) is 143 Å². The molecule has 0 spiro atoms. The van der Waals surface area contributed by atoms with E-state index in [2.05, 4.69) is 51.0 Å². The molecular weight excluding hydrogens is 673 g/mol. The van der Waals surface area contributed by atoms with E-state index in [1.165, 1.54) is 11.2 Å². The lowest BCUT2D eigenvalue weighted by molar-refractivity contribution is -0.137. The van der Waals surface area contributed by atoms with Crippen molar-refractivity contribution in [1.29, 1.82) is 5.26 Å². The summed E-state index contributed by atoms with van der Waals surface area (Å²) in [6.07, 6.45) is 1.81. The number of ether oxygens (including phenoxy) is 1. The summed E-state index contributed by atoms with van der Waals surface area (Å²) in [5, 5.41) is 17.5. The molecule has 3 aromatic heterocycles. The second kappa shape index (κ2) is 13.6. The van der Waals surface area contributed by atoms with Crippen LogP contribution in [0.3, 0.4) is 0 Å². The Labute approximate surface area is 287 Å². The standard InChI is InChI=1S/C33H40F4N10O2Si/c1-50(2,3)15-14-49-21-45-13-8-24-28(40-20-41-30(24)45)25-17-47(43-29(25)39)32(9-10-38)18-46(19-32)23-6-11-44(12-7-23)31(48)42-27-5-4-22(34)16-26(27)33(35,36)37/h4-5,8,13,16-17,20,23H,6-7,9,11-12,14-15,18-19,21H2,1-3H3,(H2,39,43)(H,42,48). The van der Waals surface area contributed by atoms with E-state index in [0.717, 1.165) is 29.2 Å². The normalized spacial score (nSPS) is 17.1. The Balaban J connectivity index is 1.10. The molecule has 2 amide bonds. The van der Waals surface area contributed by atoms with Crippen molar-refractivity contribution in [1.82, 2.24) is 34.1 Å². The molecule has 1 aromatic carbocycles. The largest absolute Gasteiger partial charge is 0.418 e. The molecule has 2 fully saturated rings. The van der Waals surface area contributed by atoms with Gasteiger partial charge in [-0.15, -0.1) is 0 Å². The molecule has 266 valence electrons. The van der Waals surface area contributed by atoms with Gasteiger partial charge in [-0.3, -0.25) is 9.58 Å². The SMILES string of the molecule is C[Si](C)(C)CCOCn1ccc2c(-c3cn(C4(CC#N)CN(C5CCN(C(=O)Nc6ccc(F)cc6C(F)(F)F)CC5)C4)nc3N)ncnc21. The predicted octanol–water partition coefficient (Wildman–Crippen LogP) is 5.97. The van der Waals surface area contributed by atoms with Crippen molar-refractivity contribution in [3.05, 3.63) is 54.4 Å². The zero-order chi connectivity index (χ0) is 35.8. The van der Waals surface area contributed by atoms with Gasteiger partial charge in [-0.2, -0.15) is 23.5 Å². The number of urea groups is 1. The molecule has 2 saturated heterocycles.